The van der Waals surface area contributed by atoms with Crippen LogP contribution in [0.5, 0.6) is 0 Å². The number of ether oxygens (including phenoxy) is 2. The van der Waals surface area contributed by atoms with Crippen molar-refractivity contribution in [3.63, 3.8) is 0 Å². The van der Waals surface area contributed by atoms with Crippen LogP contribution in [-0.2, 0) is 19.1 Å². The Morgan fingerprint density at radius 2 is 1.68 bits per heavy atom. The molecule has 0 bridgehead atoms. The summed E-state index contributed by atoms with van der Waals surface area (Å²) >= 11 is 0. The molecular weight excluding hydrogens is 436 g/mol. The van der Waals surface area contributed by atoms with Gasteiger partial charge < -0.3 is 24.8 Å². The van der Waals surface area contributed by atoms with E-state index >= 15 is 0 Å². The zero-order valence-corrected chi connectivity index (χ0v) is 19.4. The number of benzene rings is 2. The highest BCUT2D eigenvalue weighted by Gasteiger charge is 2.39. The molecule has 1 aliphatic heterocycles. The zero-order chi connectivity index (χ0) is 24.2. The SMILES string of the molecule is COC(CCNC(=O)OCC1c2ccccc2-c2ccccc21)C(=O)N1C[C@@H](C)[C@H](C(=O)O)C1. The van der Waals surface area contributed by atoms with Crippen molar-refractivity contribution >= 4 is 18.0 Å². The maximum atomic E-state index is 12.8. The monoisotopic (exact) mass is 466 g/mol. The molecule has 2 aromatic carbocycles. The summed E-state index contributed by atoms with van der Waals surface area (Å²) in [7, 11) is 1.43. The van der Waals surface area contributed by atoms with Crippen LogP contribution in [-0.4, -0.2) is 67.4 Å². The van der Waals surface area contributed by atoms with Crippen LogP contribution in [0.4, 0.5) is 4.79 Å². The molecule has 1 aliphatic carbocycles. The number of hydrogen-bond donors (Lipinski definition) is 2. The molecule has 1 saturated heterocycles. The molecule has 0 radical (unpaired) electrons. The first-order chi connectivity index (χ1) is 16.4. The molecule has 0 aromatic heterocycles. The van der Waals surface area contributed by atoms with E-state index < -0.39 is 24.1 Å². The van der Waals surface area contributed by atoms with Gasteiger partial charge >= 0.3 is 12.1 Å². The largest absolute Gasteiger partial charge is 0.481 e. The fourth-order valence-electron chi connectivity index (χ4n) is 4.97. The summed E-state index contributed by atoms with van der Waals surface area (Å²) in [5.41, 5.74) is 4.60. The van der Waals surface area contributed by atoms with Gasteiger partial charge in [0, 0.05) is 39.1 Å². The number of carbonyl (C=O) groups is 3. The quantitative estimate of drug-likeness (QED) is 0.619. The number of likely N-dealkylation sites (tertiary alicyclic amines) is 1. The Hall–Kier alpha value is -3.39. The molecule has 8 heteroatoms. The van der Waals surface area contributed by atoms with Crippen LogP contribution in [0.25, 0.3) is 11.1 Å². The minimum atomic E-state index is -0.895. The maximum Gasteiger partial charge on any atom is 0.407 e. The van der Waals surface area contributed by atoms with Gasteiger partial charge in [-0.05, 0) is 28.2 Å². The van der Waals surface area contributed by atoms with E-state index in [1.54, 1.807) is 0 Å². The second-order valence-corrected chi connectivity index (χ2v) is 8.93. The van der Waals surface area contributed by atoms with Gasteiger partial charge in [-0.3, -0.25) is 9.59 Å². The van der Waals surface area contributed by atoms with Gasteiger partial charge in [0.1, 0.15) is 12.7 Å². The third kappa shape index (κ3) is 4.77. The summed E-state index contributed by atoms with van der Waals surface area (Å²) in [4.78, 5) is 38.0. The number of hydrogen-bond acceptors (Lipinski definition) is 5. The Kier molecular flexibility index (Phi) is 7.17. The summed E-state index contributed by atoms with van der Waals surface area (Å²) in [6.07, 6.45) is -1.04. The number of aliphatic carboxylic acids is 1. The van der Waals surface area contributed by atoms with E-state index in [0.717, 1.165) is 22.3 Å². The van der Waals surface area contributed by atoms with Gasteiger partial charge in [-0.15, -0.1) is 0 Å². The molecule has 2 N–H and O–H groups in total. The number of amides is 2. The highest BCUT2D eigenvalue weighted by molar-refractivity contribution is 5.83. The van der Waals surface area contributed by atoms with E-state index in [-0.39, 0.29) is 43.9 Å². The predicted molar refractivity (Wildman–Crippen MR) is 125 cm³/mol. The molecule has 34 heavy (non-hydrogen) atoms. The lowest BCUT2D eigenvalue weighted by atomic mass is 9.98. The summed E-state index contributed by atoms with van der Waals surface area (Å²) in [5, 5.41) is 12.0. The third-order valence-corrected chi connectivity index (χ3v) is 6.82. The van der Waals surface area contributed by atoms with Crippen LogP contribution in [0.2, 0.25) is 0 Å². The average Bonchev–Trinajstić information content (AvgIpc) is 3.38. The van der Waals surface area contributed by atoms with Gasteiger partial charge in [-0.25, -0.2) is 4.79 Å². The highest BCUT2D eigenvalue weighted by Crippen LogP contribution is 2.44. The minimum absolute atomic E-state index is 0.0224. The van der Waals surface area contributed by atoms with Crippen molar-refractivity contribution in [2.45, 2.75) is 25.4 Å². The van der Waals surface area contributed by atoms with Crippen molar-refractivity contribution in [1.82, 2.24) is 10.2 Å². The van der Waals surface area contributed by atoms with E-state index in [1.165, 1.54) is 12.0 Å². The van der Waals surface area contributed by atoms with Crippen LogP contribution in [0, 0.1) is 11.8 Å². The fourth-order valence-corrected chi connectivity index (χ4v) is 4.97. The molecule has 1 heterocycles. The smallest absolute Gasteiger partial charge is 0.407 e. The van der Waals surface area contributed by atoms with Crippen LogP contribution in [0.3, 0.4) is 0 Å². The number of nitrogens with zero attached hydrogens (tertiary/aromatic N) is 1. The van der Waals surface area contributed by atoms with E-state index in [9.17, 15) is 19.5 Å². The second kappa shape index (κ2) is 10.3. The Balaban J connectivity index is 1.27. The van der Waals surface area contributed by atoms with Crippen molar-refractivity contribution in [2.75, 3.05) is 33.4 Å². The highest BCUT2D eigenvalue weighted by atomic mass is 16.5. The first-order valence-electron chi connectivity index (χ1n) is 11.5. The first kappa shape index (κ1) is 23.8. The minimum Gasteiger partial charge on any atom is -0.481 e. The topological polar surface area (TPSA) is 105 Å². The number of rotatable bonds is 8. The maximum absolute atomic E-state index is 12.8. The van der Waals surface area contributed by atoms with Crippen molar-refractivity contribution < 1.29 is 29.0 Å². The van der Waals surface area contributed by atoms with E-state index in [1.807, 2.05) is 31.2 Å². The summed E-state index contributed by atoms with van der Waals surface area (Å²) in [5.74, 6) is -1.86. The van der Waals surface area contributed by atoms with Crippen molar-refractivity contribution in [2.24, 2.45) is 11.8 Å². The number of carboxylic acids is 1. The molecule has 3 atom stereocenters. The van der Waals surface area contributed by atoms with E-state index in [4.69, 9.17) is 9.47 Å². The standard InChI is InChI=1S/C26H30N2O6/c1-16-13-28(14-21(16)25(30)31)24(29)23(33-2)11-12-27-26(32)34-15-22-19-9-5-3-7-17(19)18-8-4-6-10-20(18)22/h3-10,16,21-23H,11-15H2,1-2H3,(H,27,32)(H,30,31)/t16-,21-,23?/m1/s1. The molecule has 4 rings (SSSR count). The number of alkyl carbamates (subject to hydrolysis) is 1. The van der Waals surface area contributed by atoms with Crippen molar-refractivity contribution in [3.05, 3.63) is 59.7 Å². The number of carbonyl (C=O) groups excluding carboxylic acids is 2. The molecule has 1 fully saturated rings. The van der Waals surface area contributed by atoms with Gasteiger partial charge in [0.05, 0.1) is 5.92 Å². The molecule has 0 saturated carbocycles. The number of carboxylic acid groups (broad SMARTS) is 1. The summed E-state index contributed by atoms with van der Waals surface area (Å²) in [6, 6.07) is 16.3. The first-order valence-corrected chi connectivity index (χ1v) is 11.5. The van der Waals surface area contributed by atoms with Crippen molar-refractivity contribution in [3.8, 4) is 11.1 Å². The van der Waals surface area contributed by atoms with E-state index in [0.29, 0.717) is 6.54 Å². The molecular formula is C26H30N2O6. The molecule has 180 valence electrons. The lowest BCUT2D eigenvalue weighted by Crippen LogP contribution is -2.41. The third-order valence-electron chi connectivity index (χ3n) is 6.82. The lowest BCUT2D eigenvalue weighted by molar-refractivity contribution is -0.143. The molecule has 8 nitrogen and oxygen atoms in total. The van der Waals surface area contributed by atoms with Crippen LogP contribution in [0.15, 0.2) is 48.5 Å². The van der Waals surface area contributed by atoms with E-state index in [2.05, 4.69) is 29.6 Å². The molecule has 2 amide bonds. The normalized spacial score (nSPS) is 19.9. The molecule has 1 unspecified atom stereocenters. The van der Waals surface area contributed by atoms with Crippen molar-refractivity contribution in [1.29, 1.82) is 0 Å². The number of nitrogens with one attached hydrogen (secondary N) is 1. The zero-order valence-electron chi connectivity index (χ0n) is 19.4. The Bertz CT molecular complexity index is 1030. The van der Waals surface area contributed by atoms with Gasteiger partial charge in [-0.2, -0.15) is 0 Å². The summed E-state index contributed by atoms with van der Waals surface area (Å²) in [6.45, 7) is 2.80. The number of fused-ring (bicyclic) bond motifs is 3. The van der Waals surface area contributed by atoms with Gasteiger partial charge in [0.25, 0.3) is 5.91 Å². The van der Waals surface area contributed by atoms with Gasteiger partial charge in [0.2, 0.25) is 0 Å². The Labute approximate surface area is 198 Å². The molecule has 0 spiro atoms. The fraction of sp³-hybridized carbons (Fsp3) is 0.423. The summed E-state index contributed by atoms with van der Waals surface area (Å²) < 4.78 is 10.8. The Morgan fingerprint density at radius 3 is 2.24 bits per heavy atom. The average molecular weight is 467 g/mol. The lowest BCUT2D eigenvalue weighted by Gasteiger charge is -2.22. The number of methoxy groups -OCH3 is 1. The van der Waals surface area contributed by atoms with Crippen LogP contribution < -0.4 is 5.32 Å². The van der Waals surface area contributed by atoms with Crippen LogP contribution >= 0.6 is 0 Å². The second-order valence-electron chi connectivity index (χ2n) is 8.93. The van der Waals surface area contributed by atoms with Crippen LogP contribution in [0.1, 0.15) is 30.4 Å². The Morgan fingerprint density at radius 1 is 1.06 bits per heavy atom. The van der Waals surface area contributed by atoms with Gasteiger partial charge in [-0.1, -0.05) is 55.5 Å². The molecule has 2 aliphatic rings. The predicted octanol–water partition coefficient (Wildman–Crippen LogP) is 3.11. The molecule has 2 aromatic rings. The van der Waals surface area contributed by atoms with Gasteiger partial charge in [0.15, 0.2) is 0 Å².